The molecule has 0 aliphatic rings. The fourth-order valence-corrected chi connectivity index (χ4v) is 1.11. The van der Waals surface area contributed by atoms with Gasteiger partial charge in [0.25, 0.3) is 0 Å². The van der Waals surface area contributed by atoms with Crippen molar-refractivity contribution in [3.63, 3.8) is 0 Å². The third-order valence-corrected chi connectivity index (χ3v) is 1.78. The number of rotatable bonds is 1. The molecule has 13 heavy (non-hydrogen) atoms. The van der Waals surface area contributed by atoms with Crippen LogP contribution in [0.1, 0.15) is 5.56 Å². The summed E-state index contributed by atoms with van der Waals surface area (Å²) in [6.45, 7) is 3.78. The van der Waals surface area contributed by atoms with Crippen LogP contribution in [0.3, 0.4) is 0 Å². The predicted molar refractivity (Wildman–Crippen MR) is 51.9 cm³/mol. The van der Waals surface area contributed by atoms with Gasteiger partial charge in [0.05, 0.1) is 5.69 Å². The van der Waals surface area contributed by atoms with Gasteiger partial charge in [-0.25, -0.2) is 0 Å². The van der Waals surface area contributed by atoms with Crippen LogP contribution < -0.4 is 0 Å². The summed E-state index contributed by atoms with van der Waals surface area (Å²) in [5.74, 6) is 0. The van der Waals surface area contributed by atoms with Crippen LogP contribution >= 0.6 is 0 Å². The van der Waals surface area contributed by atoms with Crippen LogP contribution in [0.25, 0.3) is 11.3 Å². The average Bonchev–Trinajstić information content (AvgIpc) is 2.20. The summed E-state index contributed by atoms with van der Waals surface area (Å²) < 4.78 is 0. The summed E-state index contributed by atoms with van der Waals surface area (Å²) in [4.78, 5) is 8.27. The van der Waals surface area contributed by atoms with Gasteiger partial charge in [-0.05, 0) is 30.7 Å². The molecule has 2 rings (SSSR count). The van der Waals surface area contributed by atoms with Crippen molar-refractivity contribution in [3.8, 4) is 11.3 Å². The first-order chi connectivity index (χ1) is 6.36. The minimum Gasteiger partial charge on any atom is -0.264 e. The Morgan fingerprint density at radius 2 is 2.00 bits per heavy atom. The smallest absolute Gasteiger partial charge is 0.0717 e. The topological polar surface area (TPSA) is 25.8 Å². The third-order valence-electron chi connectivity index (χ3n) is 1.78. The Labute approximate surface area is 77.3 Å². The van der Waals surface area contributed by atoms with Crippen molar-refractivity contribution in [3.05, 3.63) is 55.3 Å². The van der Waals surface area contributed by atoms with E-state index in [1.54, 1.807) is 18.6 Å². The zero-order valence-electron chi connectivity index (χ0n) is 7.14. The van der Waals surface area contributed by atoms with Crippen molar-refractivity contribution in [2.24, 2.45) is 0 Å². The molecule has 0 bridgehead atoms. The summed E-state index contributed by atoms with van der Waals surface area (Å²) in [5.41, 5.74) is 2.88. The van der Waals surface area contributed by atoms with E-state index in [0.717, 1.165) is 16.8 Å². The van der Waals surface area contributed by atoms with Gasteiger partial charge in [0, 0.05) is 24.2 Å². The highest BCUT2D eigenvalue weighted by Gasteiger charge is 1.96. The Hall–Kier alpha value is -1.70. The molecule has 0 atom stereocenters. The predicted octanol–water partition coefficient (Wildman–Crippen LogP) is 2.33. The molecule has 0 spiro atoms. The van der Waals surface area contributed by atoms with Crippen molar-refractivity contribution in [1.82, 2.24) is 9.97 Å². The molecule has 2 heteroatoms. The number of aromatic nitrogens is 2. The highest BCUT2D eigenvalue weighted by molar-refractivity contribution is 5.57. The molecule has 0 aliphatic heterocycles. The van der Waals surface area contributed by atoms with Crippen LogP contribution in [0.5, 0.6) is 0 Å². The fraction of sp³-hybridized carbons (Fsp3) is 0. The van der Waals surface area contributed by atoms with Crippen LogP contribution in [-0.4, -0.2) is 9.97 Å². The lowest BCUT2D eigenvalue weighted by Crippen LogP contribution is -1.84. The van der Waals surface area contributed by atoms with Gasteiger partial charge in [0.2, 0.25) is 0 Å². The minimum atomic E-state index is 0.924. The van der Waals surface area contributed by atoms with Gasteiger partial charge in [0.1, 0.15) is 0 Å². The molecule has 0 aromatic carbocycles. The van der Waals surface area contributed by atoms with Crippen molar-refractivity contribution < 1.29 is 0 Å². The summed E-state index contributed by atoms with van der Waals surface area (Å²) in [6, 6.07) is 7.77. The van der Waals surface area contributed by atoms with Crippen molar-refractivity contribution in [2.75, 3.05) is 0 Å². The van der Waals surface area contributed by atoms with Gasteiger partial charge in [-0.15, -0.1) is 0 Å². The largest absolute Gasteiger partial charge is 0.264 e. The minimum absolute atomic E-state index is 0.924. The molecule has 2 aromatic heterocycles. The Balaban J connectivity index is 2.42. The normalized spacial score (nSPS) is 9.92. The van der Waals surface area contributed by atoms with Crippen molar-refractivity contribution in [2.45, 2.75) is 0 Å². The zero-order valence-corrected chi connectivity index (χ0v) is 7.14. The lowest BCUT2D eigenvalue weighted by molar-refractivity contribution is 1.27. The van der Waals surface area contributed by atoms with Crippen LogP contribution in [-0.2, 0) is 0 Å². The van der Waals surface area contributed by atoms with Gasteiger partial charge < -0.3 is 0 Å². The molecule has 2 heterocycles. The number of nitrogens with zero attached hydrogens (tertiary/aromatic N) is 2. The SMILES string of the molecule is [CH2]c1ccc(-c2cccnc2)nc1. The fourth-order valence-electron chi connectivity index (χ4n) is 1.11. The van der Waals surface area contributed by atoms with Gasteiger partial charge in [-0.2, -0.15) is 0 Å². The molecule has 2 aromatic rings. The maximum Gasteiger partial charge on any atom is 0.0717 e. The molecular formula is C11H9N2. The molecule has 0 saturated carbocycles. The molecule has 0 amide bonds. The third kappa shape index (κ3) is 1.72. The van der Waals surface area contributed by atoms with E-state index in [2.05, 4.69) is 16.9 Å². The van der Waals surface area contributed by atoms with Crippen LogP contribution in [0.4, 0.5) is 0 Å². The van der Waals surface area contributed by atoms with Crippen LogP contribution in [0.15, 0.2) is 42.9 Å². The van der Waals surface area contributed by atoms with Crippen LogP contribution in [0, 0.1) is 6.92 Å². The Morgan fingerprint density at radius 1 is 1.08 bits per heavy atom. The maximum atomic E-state index is 4.25. The van der Waals surface area contributed by atoms with E-state index in [-0.39, 0.29) is 0 Å². The number of hydrogen-bond acceptors (Lipinski definition) is 2. The molecule has 0 aliphatic carbocycles. The van der Waals surface area contributed by atoms with Crippen LogP contribution in [0.2, 0.25) is 0 Å². The molecule has 1 radical (unpaired) electrons. The number of hydrogen-bond donors (Lipinski definition) is 0. The number of pyridine rings is 2. The Bertz CT molecular complexity index is 379. The lowest BCUT2D eigenvalue weighted by Gasteiger charge is -1.98. The second-order valence-corrected chi connectivity index (χ2v) is 2.79. The summed E-state index contributed by atoms with van der Waals surface area (Å²) >= 11 is 0. The molecule has 0 fully saturated rings. The summed E-state index contributed by atoms with van der Waals surface area (Å²) in [7, 11) is 0. The van der Waals surface area contributed by atoms with E-state index in [1.165, 1.54) is 0 Å². The lowest BCUT2D eigenvalue weighted by atomic mass is 10.2. The first kappa shape index (κ1) is 7.92. The molecular weight excluding hydrogens is 160 g/mol. The van der Waals surface area contributed by atoms with E-state index >= 15 is 0 Å². The van der Waals surface area contributed by atoms with E-state index < -0.39 is 0 Å². The van der Waals surface area contributed by atoms with E-state index in [9.17, 15) is 0 Å². The molecule has 0 N–H and O–H groups in total. The highest BCUT2D eigenvalue weighted by atomic mass is 14.7. The summed E-state index contributed by atoms with van der Waals surface area (Å²) in [6.07, 6.45) is 5.30. The molecule has 0 unspecified atom stereocenters. The van der Waals surface area contributed by atoms with Gasteiger partial charge in [-0.1, -0.05) is 6.07 Å². The maximum absolute atomic E-state index is 4.25. The first-order valence-electron chi connectivity index (χ1n) is 4.05. The highest BCUT2D eigenvalue weighted by Crippen LogP contribution is 2.14. The van der Waals surface area contributed by atoms with E-state index in [4.69, 9.17) is 0 Å². The quantitative estimate of drug-likeness (QED) is 0.654. The van der Waals surface area contributed by atoms with E-state index in [0.29, 0.717) is 0 Å². The second-order valence-electron chi connectivity index (χ2n) is 2.79. The molecule has 2 nitrogen and oxygen atoms in total. The van der Waals surface area contributed by atoms with E-state index in [1.807, 2.05) is 24.3 Å². The molecule has 0 saturated heterocycles. The Kier molecular flexibility index (Phi) is 2.04. The summed E-state index contributed by atoms with van der Waals surface area (Å²) in [5, 5.41) is 0. The van der Waals surface area contributed by atoms with Crippen molar-refractivity contribution in [1.29, 1.82) is 0 Å². The zero-order chi connectivity index (χ0) is 9.10. The molecule has 63 valence electrons. The monoisotopic (exact) mass is 169 g/mol. The first-order valence-corrected chi connectivity index (χ1v) is 4.05. The van der Waals surface area contributed by atoms with Gasteiger partial charge in [0.15, 0.2) is 0 Å². The second kappa shape index (κ2) is 3.35. The van der Waals surface area contributed by atoms with Gasteiger partial charge in [-0.3, -0.25) is 9.97 Å². The standard InChI is InChI=1S/C11H9N2/c1-9-4-5-11(13-7-9)10-3-2-6-12-8-10/h2-8H,1H2. The Morgan fingerprint density at radius 3 is 2.62 bits per heavy atom. The van der Waals surface area contributed by atoms with Crippen molar-refractivity contribution >= 4 is 0 Å². The average molecular weight is 169 g/mol. The van der Waals surface area contributed by atoms with Gasteiger partial charge >= 0.3 is 0 Å².